The lowest BCUT2D eigenvalue weighted by atomic mass is 10.0. The van der Waals surface area contributed by atoms with Crippen molar-refractivity contribution in [2.45, 2.75) is 0 Å². The molecule has 0 aliphatic rings. The molecule has 0 fully saturated rings. The SMILES string of the molecule is CN(CC(=O)Nc1ccccc1Cl)C(=O)COc1ccc(C(=O)c2ccccc2)cc1. The van der Waals surface area contributed by atoms with E-state index in [0.29, 0.717) is 27.6 Å². The second kappa shape index (κ2) is 10.4. The van der Waals surface area contributed by atoms with E-state index in [0.717, 1.165) is 0 Å². The van der Waals surface area contributed by atoms with Crippen LogP contribution in [0.1, 0.15) is 15.9 Å². The van der Waals surface area contributed by atoms with Gasteiger partial charge in [0.05, 0.1) is 17.3 Å². The van der Waals surface area contributed by atoms with Crippen molar-refractivity contribution in [2.24, 2.45) is 0 Å². The van der Waals surface area contributed by atoms with Gasteiger partial charge in [-0.2, -0.15) is 0 Å². The third-order valence-electron chi connectivity index (χ3n) is 4.47. The van der Waals surface area contributed by atoms with Gasteiger partial charge in [-0.15, -0.1) is 0 Å². The number of nitrogens with zero attached hydrogens (tertiary/aromatic N) is 1. The number of carbonyl (C=O) groups is 3. The van der Waals surface area contributed by atoms with E-state index in [1.54, 1.807) is 60.7 Å². The number of carbonyl (C=O) groups excluding carboxylic acids is 3. The van der Waals surface area contributed by atoms with Crippen LogP contribution >= 0.6 is 11.6 Å². The first-order valence-corrected chi connectivity index (χ1v) is 9.93. The number of anilines is 1. The van der Waals surface area contributed by atoms with Crippen molar-refractivity contribution < 1.29 is 19.1 Å². The molecule has 0 unspecified atom stereocenters. The molecule has 2 amide bonds. The number of rotatable bonds is 8. The van der Waals surface area contributed by atoms with E-state index in [4.69, 9.17) is 16.3 Å². The van der Waals surface area contributed by atoms with Gasteiger partial charge < -0.3 is 15.0 Å². The smallest absolute Gasteiger partial charge is 0.260 e. The van der Waals surface area contributed by atoms with Crippen molar-refractivity contribution in [3.8, 4) is 5.75 Å². The van der Waals surface area contributed by atoms with Crippen LogP contribution in [0.3, 0.4) is 0 Å². The monoisotopic (exact) mass is 436 g/mol. The van der Waals surface area contributed by atoms with Crippen LogP contribution in [0.4, 0.5) is 5.69 Å². The highest BCUT2D eigenvalue weighted by Gasteiger charge is 2.15. The molecule has 3 rings (SSSR count). The number of ketones is 1. The van der Waals surface area contributed by atoms with Gasteiger partial charge in [0.1, 0.15) is 5.75 Å². The lowest BCUT2D eigenvalue weighted by Gasteiger charge is -2.17. The molecule has 0 aromatic heterocycles. The summed E-state index contributed by atoms with van der Waals surface area (Å²) in [6, 6.07) is 22.4. The number of benzene rings is 3. The van der Waals surface area contributed by atoms with Gasteiger partial charge >= 0.3 is 0 Å². The molecule has 0 heterocycles. The third kappa shape index (κ3) is 6.17. The van der Waals surface area contributed by atoms with Gasteiger partial charge in [0.2, 0.25) is 5.91 Å². The van der Waals surface area contributed by atoms with E-state index in [2.05, 4.69) is 5.32 Å². The third-order valence-corrected chi connectivity index (χ3v) is 4.80. The highest BCUT2D eigenvalue weighted by atomic mass is 35.5. The molecule has 3 aromatic carbocycles. The van der Waals surface area contributed by atoms with Crippen molar-refractivity contribution >= 4 is 34.9 Å². The normalized spacial score (nSPS) is 10.3. The summed E-state index contributed by atoms with van der Waals surface area (Å²) in [5.74, 6) is -0.370. The predicted molar refractivity (Wildman–Crippen MR) is 120 cm³/mol. The number of halogens is 1. The first kappa shape index (κ1) is 22.1. The van der Waals surface area contributed by atoms with Crippen LogP contribution in [0.2, 0.25) is 5.02 Å². The van der Waals surface area contributed by atoms with Gasteiger partial charge in [-0.1, -0.05) is 54.1 Å². The summed E-state index contributed by atoms with van der Waals surface area (Å²) in [5.41, 5.74) is 1.61. The van der Waals surface area contributed by atoms with Gasteiger partial charge in [-0.05, 0) is 36.4 Å². The topological polar surface area (TPSA) is 75.7 Å². The quantitative estimate of drug-likeness (QED) is 0.540. The Bertz CT molecular complexity index is 1070. The van der Waals surface area contributed by atoms with Crippen LogP contribution in [0.15, 0.2) is 78.9 Å². The second-order valence-corrected chi connectivity index (χ2v) is 7.19. The van der Waals surface area contributed by atoms with Crippen LogP contribution in [-0.4, -0.2) is 42.7 Å². The maximum Gasteiger partial charge on any atom is 0.260 e. The predicted octanol–water partition coefficient (Wildman–Crippen LogP) is 4.05. The summed E-state index contributed by atoms with van der Waals surface area (Å²) >= 11 is 6.01. The summed E-state index contributed by atoms with van der Waals surface area (Å²) < 4.78 is 5.49. The fourth-order valence-corrected chi connectivity index (χ4v) is 2.95. The standard InChI is InChI=1S/C24H21ClN2O4/c1-27(15-22(28)26-21-10-6-5-9-20(21)25)23(29)16-31-19-13-11-18(12-14-19)24(30)17-7-3-2-4-8-17/h2-14H,15-16H2,1H3,(H,26,28). The number of hydrogen-bond donors (Lipinski definition) is 1. The Labute approximate surface area is 185 Å². The minimum absolute atomic E-state index is 0.0903. The number of nitrogens with one attached hydrogen (secondary N) is 1. The average molecular weight is 437 g/mol. The first-order valence-electron chi connectivity index (χ1n) is 9.55. The molecular weight excluding hydrogens is 416 g/mol. The molecule has 3 aromatic rings. The minimum Gasteiger partial charge on any atom is -0.484 e. The Morgan fingerprint density at radius 1 is 0.871 bits per heavy atom. The molecule has 0 aliphatic carbocycles. The summed E-state index contributed by atoms with van der Waals surface area (Å²) in [7, 11) is 1.51. The van der Waals surface area contributed by atoms with Gasteiger partial charge in [-0.3, -0.25) is 14.4 Å². The molecule has 6 nitrogen and oxygen atoms in total. The zero-order valence-electron chi connectivity index (χ0n) is 16.9. The number of para-hydroxylation sites is 1. The Morgan fingerprint density at radius 2 is 1.48 bits per heavy atom. The van der Waals surface area contributed by atoms with E-state index in [9.17, 15) is 14.4 Å². The van der Waals surface area contributed by atoms with Crippen LogP contribution in [0, 0.1) is 0 Å². The molecule has 158 valence electrons. The largest absolute Gasteiger partial charge is 0.484 e. The van der Waals surface area contributed by atoms with Gasteiger partial charge in [0.15, 0.2) is 12.4 Å². The van der Waals surface area contributed by atoms with E-state index < -0.39 is 0 Å². The van der Waals surface area contributed by atoms with Gasteiger partial charge in [-0.25, -0.2) is 0 Å². The molecule has 1 N–H and O–H groups in total. The highest BCUT2D eigenvalue weighted by Crippen LogP contribution is 2.20. The highest BCUT2D eigenvalue weighted by molar-refractivity contribution is 6.33. The fraction of sp³-hybridized carbons (Fsp3) is 0.125. The number of amides is 2. The van der Waals surface area contributed by atoms with Crippen LogP contribution < -0.4 is 10.1 Å². The van der Waals surface area contributed by atoms with E-state index in [-0.39, 0.29) is 30.7 Å². The number of likely N-dealkylation sites (N-methyl/N-ethyl adjacent to an activating group) is 1. The molecule has 31 heavy (non-hydrogen) atoms. The summed E-state index contributed by atoms with van der Waals surface area (Å²) in [4.78, 5) is 38.1. The Morgan fingerprint density at radius 3 is 2.16 bits per heavy atom. The van der Waals surface area contributed by atoms with Crippen molar-refractivity contribution in [3.05, 3.63) is 95.0 Å². The second-order valence-electron chi connectivity index (χ2n) is 6.79. The summed E-state index contributed by atoms with van der Waals surface area (Å²) in [5, 5.41) is 3.08. The molecule has 0 saturated carbocycles. The maximum absolute atomic E-state index is 12.4. The van der Waals surface area contributed by atoms with Crippen LogP contribution in [0.25, 0.3) is 0 Å². The van der Waals surface area contributed by atoms with Gasteiger partial charge in [0, 0.05) is 18.2 Å². The molecular formula is C24H21ClN2O4. The van der Waals surface area contributed by atoms with Crippen LogP contribution in [0.5, 0.6) is 5.75 Å². The Kier molecular flexibility index (Phi) is 7.40. The Hall–Kier alpha value is -3.64. The van der Waals surface area contributed by atoms with E-state index in [1.807, 2.05) is 18.2 Å². The lowest BCUT2D eigenvalue weighted by Crippen LogP contribution is -2.37. The van der Waals surface area contributed by atoms with Gasteiger partial charge in [0.25, 0.3) is 5.91 Å². The van der Waals surface area contributed by atoms with E-state index >= 15 is 0 Å². The minimum atomic E-state index is -0.368. The van der Waals surface area contributed by atoms with Crippen molar-refractivity contribution in [1.82, 2.24) is 4.90 Å². The lowest BCUT2D eigenvalue weighted by molar-refractivity contribution is -0.135. The molecule has 0 saturated heterocycles. The van der Waals surface area contributed by atoms with Crippen molar-refractivity contribution in [3.63, 3.8) is 0 Å². The van der Waals surface area contributed by atoms with E-state index in [1.165, 1.54) is 11.9 Å². The summed E-state index contributed by atoms with van der Waals surface area (Å²) in [6.07, 6.45) is 0. The fourth-order valence-electron chi connectivity index (χ4n) is 2.77. The zero-order valence-corrected chi connectivity index (χ0v) is 17.6. The molecule has 0 spiro atoms. The zero-order chi connectivity index (χ0) is 22.2. The van der Waals surface area contributed by atoms with Crippen molar-refractivity contribution in [2.75, 3.05) is 25.5 Å². The molecule has 0 aliphatic heterocycles. The molecule has 0 bridgehead atoms. The number of ether oxygens (including phenoxy) is 1. The maximum atomic E-state index is 12.4. The average Bonchev–Trinajstić information content (AvgIpc) is 2.79. The number of hydrogen-bond acceptors (Lipinski definition) is 4. The first-order chi connectivity index (χ1) is 14.9. The molecule has 0 atom stereocenters. The molecule has 7 heteroatoms. The Balaban J connectivity index is 1.49. The van der Waals surface area contributed by atoms with Crippen LogP contribution in [-0.2, 0) is 9.59 Å². The van der Waals surface area contributed by atoms with Crippen molar-refractivity contribution in [1.29, 1.82) is 0 Å². The summed E-state index contributed by atoms with van der Waals surface area (Å²) in [6.45, 7) is -0.375. The molecule has 0 radical (unpaired) electrons.